The van der Waals surface area contributed by atoms with Gasteiger partial charge in [-0.05, 0) is 12.0 Å². The highest BCUT2D eigenvalue weighted by Crippen LogP contribution is 2.34. The molecule has 0 radical (unpaired) electrons. The Morgan fingerprint density at radius 2 is 2.10 bits per heavy atom. The molecule has 0 aliphatic carbocycles. The summed E-state index contributed by atoms with van der Waals surface area (Å²) in [7, 11) is 0. The van der Waals surface area contributed by atoms with Gasteiger partial charge in [-0.15, -0.1) is 0 Å². The highest BCUT2D eigenvalue weighted by atomic mass is 32.2. The van der Waals surface area contributed by atoms with E-state index in [1.54, 1.807) is 0 Å². The molecule has 5 nitrogen and oxygen atoms in total. The quantitative estimate of drug-likeness (QED) is 0.919. The Hall–Kier alpha value is -1.95. The Balaban J connectivity index is 1.84. The first-order valence-corrected chi connectivity index (χ1v) is 7.12. The van der Waals surface area contributed by atoms with E-state index in [4.69, 9.17) is 9.47 Å². The Bertz CT molecular complexity index is 558. The molecule has 1 aromatic carbocycles. The average molecular weight is 291 g/mol. The van der Waals surface area contributed by atoms with Crippen LogP contribution in [0.15, 0.2) is 42.4 Å². The topological polar surface area (TPSA) is 64.6 Å². The first-order chi connectivity index (χ1) is 9.74. The van der Waals surface area contributed by atoms with Gasteiger partial charge in [0.15, 0.2) is 0 Å². The molecule has 1 aromatic rings. The van der Waals surface area contributed by atoms with Crippen LogP contribution in [0.2, 0.25) is 0 Å². The van der Waals surface area contributed by atoms with E-state index in [0.29, 0.717) is 12.2 Å². The Morgan fingerprint density at radius 1 is 1.30 bits per heavy atom. The normalized spacial score (nSPS) is 22.8. The van der Waals surface area contributed by atoms with Gasteiger partial charge in [0, 0.05) is 5.92 Å². The zero-order valence-electron chi connectivity index (χ0n) is 10.6. The molecule has 0 spiro atoms. The van der Waals surface area contributed by atoms with Crippen molar-refractivity contribution in [2.75, 3.05) is 6.79 Å². The van der Waals surface area contributed by atoms with Crippen LogP contribution in [0.3, 0.4) is 0 Å². The summed E-state index contributed by atoms with van der Waals surface area (Å²) in [4.78, 5) is 23.3. The molecule has 2 aliphatic rings. The smallest absolute Gasteiger partial charge is 0.286 e. The number of ether oxygens (including phenoxy) is 2. The van der Waals surface area contributed by atoms with Crippen LogP contribution in [0.1, 0.15) is 5.56 Å². The van der Waals surface area contributed by atoms with Gasteiger partial charge in [-0.3, -0.25) is 14.9 Å². The lowest BCUT2D eigenvalue weighted by Crippen LogP contribution is -2.32. The third-order valence-electron chi connectivity index (χ3n) is 3.24. The van der Waals surface area contributed by atoms with E-state index >= 15 is 0 Å². The van der Waals surface area contributed by atoms with Crippen molar-refractivity contribution in [3.05, 3.63) is 47.9 Å². The van der Waals surface area contributed by atoms with Crippen molar-refractivity contribution < 1.29 is 19.1 Å². The molecule has 0 aromatic heterocycles. The number of amides is 2. The number of carbonyl (C=O) groups is 2. The van der Waals surface area contributed by atoms with Crippen LogP contribution in [-0.4, -0.2) is 23.2 Å². The first-order valence-electron chi connectivity index (χ1n) is 6.24. The highest BCUT2D eigenvalue weighted by Gasteiger charge is 2.41. The van der Waals surface area contributed by atoms with Crippen molar-refractivity contribution in [3.8, 4) is 0 Å². The van der Waals surface area contributed by atoms with Crippen LogP contribution in [-0.2, 0) is 20.7 Å². The van der Waals surface area contributed by atoms with Gasteiger partial charge in [-0.25, -0.2) is 0 Å². The molecule has 104 valence electrons. The monoisotopic (exact) mass is 291 g/mol. The molecule has 0 saturated carbocycles. The number of benzene rings is 1. The number of allylic oxidation sites excluding steroid dienone is 1. The summed E-state index contributed by atoms with van der Waals surface area (Å²) >= 11 is 1.01. The molecule has 1 N–H and O–H groups in total. The fourth-order valence-corrected chi connectivity index (χ4v) is 3.26. The molecule has 3 rings (SSSR count). The number of imide groups is 1. The van der Waals surface area contributed by atoms with E-state index in [0.717, 1.165) is 17.3 Å². The van der Waals surface area contributed by atoms with Gasteiger partial charge in [0.25, 0.3) is 5.24 Å². The Labute approximate surface area is 120 Å². The lowest BCUT2D eigenvalue weighted by molar-refractivity contribution is -0.119. The third-order valence-corrected chi connectivity index (χ3v) is 4.35. The second kappa shape index (κ2) is 5.58. The molecule has 20 heavy (non-hydrogen) atoms. The van der Waals surface area contributed by atoms with Crippen LogP contribution < -0.4 is 5.32 Å². The number of nitrogens with one attached hydrogen (secondary N) is 1. The fourth-order valence-electron chi connectivity index (χ4n) is 2.31. The Morgan fingerprint density at radius 3 is 2.70 bits per heavy atom. The van der Waals surface area contributed by atoms with Gasteiger partial charge < -0.3 is 9.47 Å². The van der Waals surface area contributed by atoms with Gasteiger partial charge in [0.1, 0.15) is 17.3 Å². The third kappa shape index (κ3) is 2.65. The van der Waals surface area contributed by atoms with Crippen molar-refractivity contribution in [2.45, 2.75) is 11.7 Å². The lowest BCUT2D eigenvalue weighted by Gasteiger charge is -2.20. The maximum Gasteiger partial charge on any atom is 0.286 e. The van der Waals surface area contributed by atoms with Gasteiger partial charge in [0.05, 0.1) is 0 Å². The molecule has 2 heterocycles. The standard InChI is InChI=1S/C14H13NO4S/c16-13-12(20-14(17)15-13)10(11-7-18-8-19-11)6-9-4-2-1-3-5-9/h1-5,7,10,12H,6,8H2,(H,15,16,17). The summed E-state index contributed by atoms with van der Waals surface area (Å²) in [6.45, 7) is 0.160. The molecule has 1 saturated heterocycles. The van der Waals surface area contributed by atoms with E-state index in [1.807, 2.05) is 30.3 Å². The SMILES string of the molecule is O=C1NC(=O)C(C(Cc2ccccc2)C2=COCO2)S1. The van der Waals surface area contributed by atoms with Gasteiger partial charge >= 0.3 is 0 Å². The van der Waals surface area contributed by atoms with E-state index in [9.17, 15) is 9.59 Å². The minimum absolute atomic E-state index is 0.160. The summed E-state index contributed by atoms with van der Waals surface area (Å²) in [5, 5.41) is 1.53. The van der Waals surface area contributed by atoms with E-state index < -0.39 is 5.25 Å². The predicted octanol–water partition coefficient (Wildman–Crippen LogP) is 2.04. The first kappa shape index (κ1) is 13.1. The molecule has 2 unspecified atom stereocenters. The van der Waals surface area contributed by atoms with E-state index in [1.165, 1.54) is 6.26 Å². The second-order valence-corrected chi connectivity index (χ2v) is 5.67. The highest BCUT2D eigenvalue weighted by molar-refractivity contribution is 8.15. The Kier molecular flexibility index (Phi) is 3.64. The number of rotatable bonds is 4. The van der Waals surface area contributed by atoms with Gasteiger partial charge in [-0.1, -0.05) is 42.1 Å². The molecule has 1 fully saturated rings. The summed E-state index contributed by atoms with van der Waals surface area (Å²) < 4.78 is 10.5. The molecule has 2 atom stereocenters. The fraction of sp³-hybridized carbons (Fsp3) is 0.286. The zero-order valence-corrected chi connectivity index (χ0v) is 11.4. The largest absolute Gasteiger partial charge is 0.462 e. The van der Waals surface area contributed by atoms with Crippen molar-refractivity contribution in [1.82, 2.24) is 5.32 Å². The molecular formula is C14H13NO4S. The number of hydrogen-bond donors (Lipinski definition) is 1. The molecule has 6 heteroatoms. The number of hydrogen-bond acceptors (Lipinski definition) is 5. The van der Waals surface area contributed by atoms with Crippen LogP contribution in [0.4, 0.5) is 4.79 Å². The van der Waals surface area contributed by atoms with E-state index in [2.05, 4.69) is 5.32 Å². The lowest BCUT2D eigenvalue weighted by atomic mass is 9.93. The van der Waals surface area contributed by atoms with Crippen molar-refractivity contribution in [2.24, 2.45) is 5.92 Å². The second-order valence-electron chi connectivity index (χ2n) is 4.56. The van der Waals surface area contributed by atoms with Crippen molar-refractivity contribution >= 4 is 22.9 Å². The number of carbonyl (C=O) groups excluding carboxylic acids is 2. The van der Waals surface area contributed by atoms with Crippen LogP contribution in [0.25, 0.3) is 0 Å². The van der Waals surface area contributed by atoms with Crippen LogP contribution in [0, 0.1) is 5.92 Å². The maximum absolute atomic E-state index is 11.9. The van der Waals surface area contributed by atoms with E-state index in [-0.39, 0.29) is 23.9 Å². The zero-order chi connectivity index (χ0) is 13.9. The predicted molar refractivity (Wildman–Crippen MR) is 73.7 cm³/mol. The average Bonchev–Trinajstić information content (AvgIpc) is 3.07. The molecule has 2 aliphatic heterocycles. The summed E-state index contributed by atoms with van der Waals surface area (Å²) in [5.41, 5.74) is 1.08. The maximum atomic E-state index is 11.9. The summed E-state index contributed by atoms with van der Waals surface area (Å²) in [6.07, 6.45) is 2.15. The molecule has 2 amide bonds. The van der Waals surface area contributed by atoms with Crippen molar-refractivity contribution in [3.63, 3.8) is 0 Å². The minimum atomic E-state index is -0.476. The summed E-state index contributed by atoms with van der Waals surface area (Å²) in [6, 6.07) is 9.80. The molecular weight excluding hydrogens is 278 g/mol. The van der Waals surface area contributed by atoms with Gasteiger partial charge in [-0.2, -0.15) is 0 Å². The van der Waals surface area contributed by atoms with Crippen molar-refractivity contribution in [1.29, 1.82) is 0 Å². The minimum Gasteiger partial charge on any atom is -0.462 e. The van der Waals surface area contributed by atoms with Gasteiger partial charge in [0.2, 0.25) is 12.7 Å². The summed E-state index contributed by atoms with van der Waals surface area (Å²) in [5.74, 6) is 0.143. The molecule has 0 bridgehead atoms. The van der Waals surface area contributed by atoms with Crippen LogP contribution in [0.5, 0.6) is 0 Å². The van der Waals surface area contributed by atoms with Crippen LogP contribution >= 0.6 is 11.8 Å². The number of thioether (sulfide) groups is 1.